The Labute approximate surface area is 148 Å². The second-order valence-corrected chi connectivity index (χ2v) is 8.46. The van der Waals surface area contributed by atoms with E-state index in [4.69, 9.17) is 5.73 Å². The summed E-state index contributed by atoms with van der Waals surface area (Å²) in [4.78, 5) is 12.1. The lowest BCUT2D eigenvalue weighted by atomic mass is 9.87. The molecule has 132 valence electrons. The van der Waals surface area contributed by atoms with Gasteiger partial charge in [0.15, 0.2) is 0 Å². The molecule has 2 N–H and O–H groups in total. The van der Waals surface area contributed by atoms with Crippen molar-refractivity contribution in [3.63, 3.8) is 0 Å². The monoisotopic (exact) mass is 358 g/mol. The number of amides is 1. The van der Waals surface area contributed by atoms with Crippen LogP contribution in [0.2, 0.25) is 0 Å². The van der Waals surface area contributed by atoms with Crippen molar-refractivity contribution in [3.05, 3.63) is 59.2 Å². The summed E-state index contributed by atoms with van der Waals surface area (Å²) in [5.41, 5.74) is 8.70. The molecule has 6 heteroatoms. The van der Waals surface area contributed by atoms with Crippen molar-refractivity contribution in [2.45, 2.75) is 44.0 Å². The molecule has 0 bridgehead atoms. The molecule has 0 spiro atoms. The highest BCUT2D eigenvalue weighted by atomic mass is 32.2. The molecule has 1 aliphatic rings. The maximum Gasteiger partial charge on any atom is 0.264 e. The van der Waals surface area contributed by atoms with E-state index in [-0.39, 0.29) is 10.9 Å². The Kier molecular flexibility index (Phi) is 4.33. The highest BCUT2D eigenvalue weighted by Gasteiger charge is 2.39. The van der Waals surface area contributed by atoms with Crippen LogP contribution in [0.5, 0.6) is 0 Å². The molecule has 0 aliphatic carbocycles. The summed E-state index contributed by atoms with van der Waals surface area (Å²) in [6.45, 7) is 5.65. The van der Waals surface area contributed by atoms with Crippen LogP contribution in [0.1, 0.15) is 36.0 Å². The van der Waals surface area contributed by atoms with Gasteiger partial charge in [0, 0.05) is 6.04 Å². The summed E-state index contributed by atoms with van der Waals surface area (Å²) in [6.07, 6.45) is 0.371. The topological polar surface area (TPSA) is 80.5 Å². The van der Waals surface area contributed by atoms with E-state index in [9.17, 15) is 13.2 Å². The molecule has 25 heavy (non-hydrogen) atoms. The van der Waals surface area contributed by atoms with Crippen molar-refractivity contribution in [1.82, 2.24) is 0 Å². The largest absolute Gasteiger partial charge is 0.369 e. The normalized spacial score (nSPS) is 20.2. The first-order chi connectivity index (χ1) is 11.7. The molecule has 0 aromatic heterocycles. The molecule has 1 aliphatic heterocycles. The molecule has 0 saturated heterocycles. The van der Waals surface area contributed by atoms with Crippen molar-refractivity contribution >= 4 is 21.6 Å². The van der Waals surface area contributed by atoms with Crippen LogP contribution in [-0.2, 0) is 14.8 Å². The number of anilines is 1. The van der Waals surface area contributed by atoms with Crippen molar-refractivity contribution in [2.24, 2.45) is 5.73 Å². The number of para-hydroxylation sites is 1. The summed E-state index contributed by atoms with van der Waals surface area (Å²) in [7, 11) is -3.73. The number of hydrogen-bond donors (Lipinski definition) is 1. The maximum atomic E-state index is 13.3. The molecule has 0 radical (unpaired) electrons. The van der Waals surface area contributed by atoms with Gasteiger partial charge in [0.1, 0.15) is 0 Å². The number of nitrogens with zero attached hydrogens (tertiary/aromatic N) is 1. The van der Waals surface area contributed by atoms with Crippen molar-refractivity contribution in [2.75, 3.05) is 4.31 Å². The fourth-order valence-corrected chi connectivity index (χ4v) is 5.19. The number of nitrogens with two attached hydrogens (primary N) is 1. The van der Waals surface area contributed by atoms with E-state index in [1.54, 1.807) is 36.4 Å². The molecule has 0 fully saturated rings. The van der Waals surface area contributed by atoms with E-state index < -0.39 is 21.8 Å². The van der Waals surface area contributed by atoms with Gasteiger partial charge in [0.2, 0.25) is 5.91 Å². The van der Waals surface area contributed by atoms with E-state index in [1.807, 2.05) is 26.8 Å². The first-order valence-corrected chi connectivity index (χ1v) is 9.67. The second-order valence-electron chi connectivity index (χ2n) is 6.65. The zero-order valence-corrected chi connectivity index (χ0v) is 15.4. The van der Waals surface area contributed by atoms with Crippen molar-refractivity contribution < 1.29 is 13.2 Å². The van der Waals surface area contributed by atoms with Gasteiger partial charge >= 0.3 is 0 Å². The third kappa shape index (κ3) is 2.91. The van der Waals surface area contributed by atoms with Gasteiger partial charge in [-0.3, -0.25) is 9.10 Å². The van der Waals surface area contributed by atoms with Gasteiger partial charge in [-0.1, -0.05) is 24.3 Å². The number of primary amides is 1. The summed E-state index contributed by atoms with van der Waals surface area (Å²) >= 11 is 0. The van der Waals surface area contributed by atoms with Crippen LogP contribution >= 0.6 is 0 Å². The fraction of sp³-hybridized carbons (Fsp3) is 0.316. The Morgan fingerprint density at radius 3 is 2.44 bits per heavy atom. The molecule has 1 amide bonds. The van der Waals surface area contributed by atoms with Gasteiger partial charge in [-0.05, 0) is 62.1 Å². The van der Waals surface area contributed by atoms with Crippen LogP contribution in [0.15, 0.2) is 47.4 Å². The number of carbonyl (C=O) groups excluding carboxylic acids is 1. The van der Waals surface area contributed by atoms with E-state index in [1.165, 1.54) is 4.31 Å². The van der Waals surface area contributed by atoms with Gasteiger partial charge in [0.05, 0.1) is 16.5 Å². The zero-order valence-electron chi connectivity index (χ0n) is 14.6. The number of fused-ring (bicyclic) bond motifs is 1. The minimum atomic E-state index is -3.73. The number of rotatable bonds is 3. The van der Waals surface area contributed by atoms with Crippen LogP contribution in [0, 0.1) is 13.8 Å². The Balaban J connectivity index is 2.16. The molecule has 3 rings (SSSR count). The number of hydrogen-bond acceptors (Lipinski definition) is 3. The Hall–Kier alpha value is -2.34. The average Bonchev–Trinajstić information content (AvgIpc) is 2.56. The van der Waals surface area contributed by atoms with Gasteiger partial charge < -0.3 is 5.73 Å². The summed E-state index contributed by atoms with van der Waals surface area (Å²) < 4.78 is 28.0. The summed E-state index contributed by atoms with van der Waals surface area (Å²) in [6, 6.07) is 11.9. The number of aryl methyl sites for hydroxylation is 2. The van der Waals surface area contributed by atoms with Crippen LogP contribution in [0.4, 0.5) is 5.69 Å². The zero-order chi connectivity index (χ0) is 18.4. The highest BCUT2D eigenvalue weighted by Crippen LogP contribution is 2.41. The second kappa shape index (κ2) is 6.19. The Morgan fingerprint density at radius 2 is 1.80 bits per heavy atom. The predicted octanol–water partition coefficient (Wildman–Crippen LogP) is 2.86. The van der Waals surface area contributed by atoms with E-state index >= 15 is 0 Å². The Bertz CT molecular complexity index is 937. The summed E-state index contributed by atoms with van der Waals surface area (Å²) in [5.74, 6) is -0.903. The van der Waals surface area contributed by atoms with E-state index in [2.05, 4.69) is 0 Å². The SMILES string of the molecule is Cc1ccc(S(=O)(=O)N2c3ccccc3[C@@H](C(N)=O)C[C@@H]2C)cc1C. The predicted molar refractivity (Wildman–Crippen MR) is 98.0 cm³/mol. The molecular formula is C19H22N2O3S. The minimum Gasteiger partial charge on any atom is -0.369 e. The fourth-order valence-electron chi connectivity index (χ4n) is 3.41. The molecule has 5 nitrogen and oxygen atoms in total. The van der Waals surface area contributed by atoms with Crippen molar-refractivity contribution in [1.29, 1.82) is 0 Å². The van der Waals surface area contributed by atoms with Crippen LogP contribution in [0.25, 0.3) is 0 Å². The van der Waals surface area contributed by atoms with E-state index in [0.29, 0.717) is 17.7 Å². The van der Waals surface area contributed by atoms with Gasteiger partial charge in [0.25, 0.3) is 10.0 Å². The first kappa shape index (κ1) is 17.5. The highest BCUT2D eigenvalue weighted by molar-refractivity contribution is 7.92. The third-order valence-corrected chi connectivity index (χ3v) is 6.83. The molecule has 0 unspecified atom stereocenters. The molecular weight excluding hydrogens is 336 g/mol. The first-order valence-electron chi connectivity index (χ1n) is 8.23. The third-order valence-electron chi connectivity index (χ3n) is 4.91. The number of carbonyl (C=O) groups is 1. The average molecular weight is 358 g/mol. The Morgan fingerprint density at radius 1 is 1.12 bits per heavy atom. The van der Waals surface area contributed by atoms with Gasteiger partial charge in [-0.25, -0.2) is 8.42 Å². The summed E-state index contributed by atoms with van der Waals surface area (Å²) in [5, 5.41) is 0. The number of sulfonamides is 1. The molecule has 2 aromatic carbocycles. The standard InChI is InChI=1S/C19H22N2O3S/c1-12-8-9-15(10-13(12)2)25(23,24)21-14(3)11-17(19(20)22)16-6-4-5-7-18(16)21/h4-10,14,17H,11H2,1-3H3,(H2,20,22)/t14-,17-/m0/s1. The maximum absolute atomic E-state index is 13.3. The number of benzene rings is 2. The van der Waals surface area contributed by atoms with Crippen LogP contribution in [0.3, 0.4) is 0 Å². The lowest BCUT2D eigenvalue weighted by molar-refractivity contribution is -0.119. The van der Waals surface area contributed by atoms with Crippen LogP contribution < -0.4 is 10.0 Å². The van der Waals surface area contributed by atoms with Gasteiger partial charge in [-0.15, -0.1) is 0 Å². The lowest BCUT2D eigenvalue weighted by Crippen LogP contribution is -2.45. The molecule has 2 aromatic rings. The van der Waals surface area contributed by atoms with Crippen molar-refractivity contribution in [3.8, 4) is 0 Å². The quantitative estimate of drug-likeness (QED) is 0.916. The smallest absolute Gasteiger partial charge is 0.264 e. The minimum absolute atomic E-state index is 0.259. The molecule has 0 saturated carbocycles. The van der Waals surface area contributed by atoms with Gasteiger partial charge in [-0.2, -0.15) is 0 Å². The lowest BCUT2D eigenvalue weighted by Gasteiger charge is -2.38. The molecule has 1 heterocycles. The van der Waals surface area contributed by atoms with Crippen LogP contribution in [-0.4, -0.2) is 20.4 Å². The molecule has 2 atom stereocenters. The van der Waals surface area contributed by atoms with E-state index in [0.717, 1.165) is 11.1 Å².